The number of halogens is 1. The maximum absolute atomic E-state index is 6.08. The summed E-state index contributed by atoms with van der Waals surface area (Å²) in [5.41, 5.74) is 1.99. The first-order chi connectivity index (χ1) is 9.79. The van der Waals surface area contributed by atoms with Gasteiger partial charge in [0.05, 0.1) is 18.9 Å². The molecule has 2 rings (SSSR count). The van der Waals surface area contributed by atoms with Gasteiger partial charge in [-0.1, -0.05) is 36.7 Å². The molecule has 0 aliphatic carbocycles. The summed E-state index contributed by atoms with van der Waals surface area (Å²) in [6, 6.07) is 7.73. The first kappa shape index (κ1) is 15.4. The summed E-state index contributed by atoms with van der Waals surface area (Å²) in [5, 5.41) is 7.25. The van der Waals surface area contributed by atoms with E-state index in [4.69, 9.17) is 16.3 Å². The second-order valence-electron chi connectivity index (χ2n) is 4.49. The fourth-order valence-electron chi connectivity index (χ4n) is 1.75. The highest BCUT2D eigenvalue weighted by molar-refractivity contribution is 7.09. The van der Waals surface area contributed by atoms with Crippen LogP contribution in [0.1, 0.15) is 29.6 Å². The molecule has 0 radical (unpaired) electrons. The normalized spacial score (nSPS) is 10.9. The molecular formula is C15H19ClN2OS. The van der Waals surface area contributed by atoms with Crippen molar-refractivity contribution in [1.29, 1.82) is 0 Å². The Morgan fingerprint density at radius 1 is 1.30 bits per heavy atom. The number of ether oxygens (including phenoxy) is 1. The van der Waals surface area contributed by atoms with Crippen LogP contribution in [0.3, 0.4) is 0 Å². The van der Waals surface area contributed by atoms with Crippen LogP contribution in [0.25, 0.3) is 0 Å². The van der Waals surface area contributed by atoms with Gasteiger partial charge < -0.3 is 10.1 Å². The lowest BCUT2D eigenvalue weighted by Crippen LogP contribution is -2.13. The number of rotatable bonds is 8. The van der Waals surface area contributed by atoms with E-state index in [-0.39, 0.29) is 0 Å². The van der Waals surface area contributed by atoms with Gasteiger partial charge in [0.2, 0.25) is 0 Å². The van der Waals surface area contributed by atoms with Gasteiger partial charge in [0.15, 0.2) is 0 Å². The van der Waals surface area contributed by atoms with Gasteiger partial charge in [-0.3, -0.25) is 0 Å². The molecular weight excluding hydrogens is 292 g/mol. The molecule has 1 heterocycles. The van der Waals surface area contributed by atoms with Crippen LogP contribution in [0.2, 0.25) is 5.02 Å². The van der Waals surface area contributed by atoms with Crippen LogP contribution in [0, 0.1) is 0 Å². The molecule has 1 aromatic carbocycles. The van der Waals surface area contributed by atoms with Gasteiger partial charge in [-0.2, -0.15) is 0 Å². The molecule has 0 aliphatic rings. The van der Waals surface area contributed by atoms with Crippen LogP contribution in [-0.4, -0.2) is 11.5 Å². The van der Waals surface area contributed by atoms with Gasteiger partial charge in [-0.25, -0.2) is 4.98 Å². The number of nitrogens with one attached hydrogen (secondary N) is 1. The largest absolute Gasteiger partial charge is 0.370 e. The Labute approximate surface area is 129 Å². The monoisotopic (exact) mass is 310 g/mol. The molecule has 5 heteroatoms. The van der Waals surface area contributed by atoms with Gasteiger partial charge in [-0.15, -0.1) is 11.3 Å². The van der Waals surface area contributed by atoms with E-state index in [9.17, 15) is 0 Å². The van der Waals surface area contributed by atoms with Crippen LogP contribution in [0.15, 0.2) is 29.6 Å². The van der Waals surface area contributed by atoms with Gasteiger partial charge in [0, 0.05) is 16.9 Å². The summed E-state index contributed by atoms with van der Waals surface area (Å²) >= 11 is 7.75. The van der Waals surface area contributed by atoms with Crippen LogP contribution >= 0.6 is 22.9 Å². The van der Waals surface area contributed by atoms with E-state index in [1.165, 1.54) is 0 Å². The lowest BCUT2D eigenvalue weighted by Gasteiger charge is -2.04. The molecule has 0 saturated carbocycles. The summed E-state index contributed by atoms with van der Waals surface area (Å²) in [7, 11) is 0. The van der Waals surface area contributed by atoms with Crippen LogP contribution in [-0.2, 0) is 24.5 Å². The van der Waals surface area contributed by atoms with E-state index < -0.39 is 0 Å². The smallest absolute Gasteiger partial charge is 0.107 e. The summed E-state index contributed by atoms with van der Waals surface area (Å²) in [6.07, 6.45) is 1.14. The molecule has 108 valence electrons. The van der Waals surface area contributed by atoms with Crippen LogP contribution < -0.4 is 5.32 Å². The molecule has 1 N–H and O–H groups in total. The highest BCUT2D eigenvalue weighted by Crippen LogP contribution is 2.17. The first-order valence-corrected chi connectivity index (χ1v) is 8.00. The predicted molar refractivity (Wildman–Crippen MR) is 84.1 cm³/mol. The topological polar surface area (TPSA) is 34.2 Å². The molecule has 0 amide bonds. The first-order valence-electron chi connectivity index (χ1n) is 6.74. The van der Waals surface area contributed by atoms with E-state index in [0.717, 1.165) is 40.8 Å². The van der Waals surface area contributed by atoms with Crippen molar-refractivity contribution in [3.05, 3.63) is 50.9 Å². The van der Waals surface area contributed by atoms with Gasteiger partial charge in [-0.05, 0) is 24.6 Å². The molecule has 0 spiro atoms. The molecule has 3 nitrogen and oxygen atoms in total. The SMILES string of the molecule is CCCNCc1nc(COCc2ccccc2Cl)cs1. The standard InChI is InChI=1S/C15H19ClN2OS/c1-2-7-17-8-15-18-13(11-20-15)10-19-9-12-5-3-4-6-14(12)16/h3-6,11,17H,2,7-10H2,1H3. The molecule has 0 fully saturated rings. The fraction of sp³-hybridized carbons (Fsp3) is 0.400. The number of nitrogens with zero attached hydrogens (tertiary/aromatic N) is 1. The fourth-order valence-corrected chi connectivity index (χ4v) is 2.69. The Morgan fingerprint density at radius 2 is 2.15 bits per heavy atom. The highest BCUT2D eigenvalue weighted by atomic mass is 35.5. The second kappa shape index (κ2) is 8.37. The van der Waals surface area contributed by atoms with Crippen molar-refractivity contribution in [2.75, 3.05) is 6.54 Å². The minimum absolute atomic E-state index is 0.515. The number of hydrogen-bond acceptors (Lipinski definition) is 4. The highest BCUT2D eigenvalue weighted by Gasteiger charge is 2.03. The zero-order valence-corrected chi connectivity index (χ0v) is 13.1. The van der Waals surface area contributed by atoms with E-state index in [2.05, 4.69) is 22.6 Å². The number of benzene rings is 1. The zero-order valence-electron chi connectivity index (χ0n) is 11.6. The summed E-state index contributed by atoms with van der Waals surface area (Å²) < 4.78 is 5.66. The Hall–Kier alpha value is -0.940. The Bertz CT molecular complexity index is 530. The van der Waals surface area contributed by atoms with E-state index >= 15 is 0 Å². The summed E-state index contributed by atoms with van der Waals surface area (Å²) in [5.74, 6) is 0. The number of thiazole rings is 1. The maximum Gasteiger partial charge on any atom is 0.107 e. The Balaban J connectivity index is 1.75. The summed E-state index contributed by atoms with van der Waals surface area (Å²) in [6.45, 7) is 5.06. The lowest BCUT2D eigenvalue weighted by atomic mass is 10.2. The second-order valence-corrected chi connectivity index (χ2v) is 5.84. The minimum atomic E-state index is 0.515. The van der Waals surface area contributed by atoms with Crippen molar-refractivity contribution in [3.63, 3.8) is 0 Å². The van der Waals surface area contributed by atoms with Gasteiger partial charge in [0.25, 0.3) is 0 Å². The Morgan fingerprint density at radius 3 is 2.95 bits per heavy atom. The van der Waals surface area contributed by atoms with E-state index in [1.54, 1.807) is 11.3 Å². The quantitative estimate of drug-likeness (QED) is 0.748. The molecule has 1 aromatic heterocycles. The van der Waals surface area contributed by atoms with Crippen molar-refractivity contribution in [1.82, 2.24) is 10.3 Å². The molecule has 0 saturated heterocycles. The van der Waals surface area contributed by atoms with E-state index in [0.29, 0.717) is 13.2 Å². The molecule has 0 bridgehead atoms. The van der Waals surface area contributed by atoms with Gasteiger partial charge >= 0.3 is 0 Å². The van der Waals surface area contributed by atoms with Crippen LogP contribution in [0.4, 0.5) is 0 Å². The van der Waals surface area contributed by atoms with Gasteiger partial charge in [0.1, 0.15) is 5.01 Å². The minimum Gasteiger partial charge on any atom is -0.370 e. The lowest BCUT2D eigenvalue weighted by molar-refractivity contribution is 0.105. The van der Waals surface area contributed by atoms with E-state index in [1.807, 2.05) is 24.3 Å². The average molecular weight is 311 g/mol. The third-order valence-corrected chi connectivity index (χ3v) is 4.03. The van der Waals surface area contributed by atoms with Crippen molar-refractivity contribution in [2.45, 2.75) is 33.1 Å². The average Bonchev–Trinajstić information content (AvgIpc) is 2.89. The maximum atomic E-state index is 6.08. The molecule has 20 heavy (non-hydrogen) atoms. The third kappa shape index (κ3) is 4.87. The van der Waals surface area contributed by atoms with Crippen molar-refractivity contribution >= 4 is 22.9 Å². The number of hydrogen-bond donors (Lipinski definition) is 1. The van der Waals surface area contributed by atoms with Crippen molar-refractivity contribution in [2.24, 2.45) is 0 Å². The summed E-state index contributed by atoms with van der Waals surface area (Å²) in [4.78, 5) is 4.53. The third-order valence-electron chi connectivity index (χ3n) is 2.77. The van der Waals surface area contributed by atoms with Crippen LogP contribution in [0.5, 0.6) is 0 Å². The molecule has 0 atom stereocenters. The molecule has 2 aromatic rings. The predicted octanol–water partition coefficient (Wildman–Crippen LogP) is 4.01. The van der Waals surface area contributed by atoms with Crippen molar-refractivity contribution < 1.29 is 4.74 Å². The number of aromatic nitrogens is 1. The molecule has 0 aliphatic heterocycles. The van der Waals surface area contributed by atoms with Crippen molar-refractivity contribution in [3.8, 4) is 0 Å². The molecule has 0 unspecified atom stereocenters. The zero-order chi connectivity index (χ0) is 14.2. The Kier molecular flexibility index (Phi) is 6.47.